The highest BCUT2D eigenvalue weighted by Gasteiger charge is 2.36. The molecule has 32 heavy (non-hydrogen) atoms. The van der Waals surface area contributed by atoms with Gasteiger partial charge in [-0.15, -0.1) is 0 Å². The fourth-order valence-electron chi connectivity index (χ4n) is 3.47. The first-order valence-electron chi connectivity index (χ1n) is 9.54. The van der Waals surface area contributed by atoms with Crippen LogP contribution in [0.2, 0.25) is 0 Å². The van der Waals surface area contributed by atoms with Crippen molar-refractivity contribution in [1.82, 2.24) is 0 Å². The highest BCUT2D eigenvalue weighted by Crippen LogP contribution is 2.41. The molecule has 4 N–H and O–H groups in total. The summed E-state index contributed by atoms with van der Waals surface area (Å²) in [5.41, 5.74) is -0.435. The lowest BCUT2D eigenvalue weighted by atomic mass is 9.78. The molecule has 0 saturated heterocycles. The predicted octanol–water partition coefficient (Wildman–Crippen LogP) is 2.86. The summed E-state index contributed by atoms with van der Waals surface area (Å²) in [4.78, 5) is 22.7. The van der Waals surface area contributed by atoms with Crippen molar-refractivity contribution >= 4 is 12.4 Å². The van der Waals surface area contributed by atoms with E-state index in [0.29, 0.717) is 11.1 Å². The van der Waals surface area contributed by atoms with E-state index in [9.17, 15) is 30.0 Å². The molecule has 166 valence electrons. The van der Waals surface area contributed by atoms with E-state index < -0.39 is 11.6 Å². The Kier molecular flexibility index (Phi) is 6.36. The van der Waals surface area contributed by atoms with Crippen LogP contribution in [-0.4, -0.2) is 40.0 Å². The molecule has 3 aromatic carbocycles. The number of carbonyl (C=O) groups excluding carboxylic acids is 2. The van der Waals surface area contributed by atoms with Crippen molar-refractivity contribution in [1.29, 1.82) is 0 Å². The van der Waals surface area contributed by atoms with E-state index >= 15 is 0 Å². The standard InChI is InChI=1S/C24H22O8/c1-14-9-16(3-6-20(14)26)24(30,17-4-7-21(27)15(10-17)12-32-13-25)18-5-8-22(28)19(11-18)23(29)31-2/h3-11,13,26-28,30H,12H2,1-2H3. The van der Waals surface area contributed by atoms with Gasteiger partial charge in [0.25, 0.3) is 6.47 Å². The average molecular weight is 438 g/mol. The summed E-state index contributed by atoms with van der Waals surface area (Å²) >= 11 is 0. The van der Waals surface area contributed by atoms with Crippen molar-refractivity contribution in [3.63, 3.8) is 0 Å². The monoisotopic (exact) mass is 438 g/mol. The second-order valence-electron chi connectivity index (χ2n) is 7.19. The van der Waals surface area contributed by atoms with Gasteiger partial charge in [-0.1, -0.05) is 18.2 Å². The number of aromatic hydroxyl groups is 3. The molecule has 0 aliphatic carbocycles. The number of ether oxygens (including phenoxy) is 2. The molecular formula is C24H22O8. The topological polar surface area (TPSA) is 134 Å². The first-order valence-corrected chi connectivity index (χ1v) is 9.54. The van der Waals surface area contributed by atoms with Gasteiger partial charge in [0.1, 0.15) is 35.0 Å². The molecule has 0 spiro atoms. The molecule has 0 aromatic heterocycles. The van der Waals surface area contributed by atoms with Crippen molar-refractivity contribution < 1.29 is 39.5 Å². The van der Waals surface area contributed by atoms with Gasteiger partial charge in [-0.25, -0.2) is 4.79 Å². The summed E-state index contributed by atoms with van der Waals surface area (Å²) in [5, 5.41) is 42.2. The molecular weight excluding hydrogens is 416 g/mol. The number of carbonyl (C=O) groups is 2. The number of aryl methyl sites for hydroxylation is 1. The van der Waals surface area contributed by atoms with Gasteiger partial charge in [0.2, 0.25) is 0 Å². The maximum absolute atomic E-state index is 12.1. The van der Waals surface area contributed by atoms with Gasteiger partial charge in [0.05, 0.1) is 7.11 Å². The van der Waals surface area contributed by atoms with Gasteiger partial charge in [-0.2, -0.15) is 0 Å². The minimum Gasteiger partial charge on any atom is -0.508 e. The molecule has 8 heteroatoms. The fraction of sp³-hybridized carbons (Fsp3) is 0.167. The molecule has 0 amide bonds. The Hall–Kier alpha value is -4.04. The van der Waals surface area contributed by atoms with E-state index in [1.165, 1.54) is 55.6 Å². The second kappa shape index (κ2) is 8.99. The van der Waals surface area contributed by atoms with Crippen LogP contribution in [0.1, 0.15) is 38.2 Å². The van der Waals surface area contributed by atoms with Crippen LogP contribution in [0.15, 0.2) is 54.6 Å². The maximum atomic E-state index is 12.1. The van der Waals surface area contributed by atoms with Crippen LogP contribution >= 0.6 is 0 Å². The Labute approximate surface area is 183 Å². The number of rotatable bonds is 7. The van der Waals surface area contributed by atoms with Gasteiger partial charge in [0, 0.05) is 5.56 Å². The summed E-state index contributed by atoms with van der Waals surface area (Å²) in [5.74, 6) is -1.22. The zero-order chi connectivity index (χ0) is 23.5. The first-order chi connectivity index (χ1) is 15.2. The van der Waals surface area contributed by atoms with Gasteiger partial charge in [-0.3, -0.25) is 4.79 Å². The molecule has 0 aliphatic rings. The number of hydrogen-bond donors (Lipinski definition) is 4. The summed E-state index contributed by atoms with van der Waals surface area (Å²) in [6, 6.07) is 12.8. The minimum absolute atomic E-state index is 0.0304. The fourth-order valence-corrected chi connectivity index (χ4v) is 3.47. The van der Waals surface area contributed by atoms with Crippen molar-refractivity contribution in [2.24, 2.45) is 0 Å². The molecule has 1 atom stereocenters. The Bertz CT molecular complexity index is 1170. The van der Waals surface area contributed by atoms with Crippen molar-refractivity contribution in [2.45, 2.75) is 19.1 Å². The van der Waals surface area contributed by atoms with Crippen LogP contribution in [0, 0.1) is 6.92 Å². The number of methoxy groups -OCH3 is 1. The normalized spacial score (nSPS) is 12.6. The Morgan fingerprint density at radius 3 is 2.06 bits per heavy atom. The first kappa shape index (κ1) is 22.6. The molecule has 1 unspecified atom stereocenters. The second-order valence-corrected chi connectivity index (χ2v) is 7.19. The third kappa shape index (κ3) is 4.08. The lowest BCUT2D eigenvalue weighted by Gasteiger charge is -2.31. The largest absolute Gasteiger partial charge is 0.508 e. The number of hydrogen-bond acceptors (Lipinski definition) is 8. The molecule has 3 rings (SSSR count). The van der Waals surface area contributed by atoms with E-state index in [1.54, 1.807) is 13.0 Å². The quantitative estimate of drug-likeness (QED) is 0.251. The van der Waals surface area contributed by atoms with E-state index in [1.807, 2.05) is 0 Å². The van der Waals surface area contributed by atoms with Crippen LogP contribution in [0.25, 0.3) is 0 Å². The number of phenolic OH excluding ortho intramolecular Hbond substituents is 3. The lowest BCUT2D eigenvalue weighted by Crippen LogP contribution is -2.29. The average Bonchev–Trinajstić information content (AvgIpc) is 2.79. The van der Waals surface area contributed by atoms with E-state index in [4.69, 9.17) is 9.47 Å². The van der Waals surface area contributed by atoms with Crippen molar-refractivity contribution in [2.75, 3.05) is 7.11 Å². The molecule has 3 aromatic rings. The van der Waals surface area contributed by atoms with E-state index in [0.717, 1.165) is 0 Å². The number of phenols is 3. The van der Waals surface area contributed by atoms with Crippen LogP contribution < -0.4 is 0 Å². The van der Waals surface area contributed by atoms with Crippen LogP contribution in [0.4, 0.5) is 0 Å². The molecule has 0 aliphatic heterocycles. The Morgan fingerprint density at radius 1 is 0.906 bits per heavy atom. The molecule has 8 nitrogen and oxygen atoms in total. The zero-order valence-corrected chi connectivity index (χ0v) is 17.4. The van der Waals surface area contributed by atoms with E-state index in [-0.39, 0.29) is 52.6 Å². The van der Waals surface area contributed by atoms with Gasteiger partial charge in [-0.05, 0) is 65.6 Å². The van der Waals surface area contributed by atoms with Gasteiger partial charge >= 0.3 is 5.97 Å². The third-order valence-corrected chi connectivity index (χ3v) is 5.24. The highest BCUT2D eigenvalue weighted by molar-refractivity contribution is 5.92. The van der Waals surface area contributed by atoms with Crippen molar-refractivity contribution in [3.05, 3.63) is 88.0 Å². The van der Waals surface area contributed by atoms with Gasteiger partial charge < -0.3 is 29.9 Å². The predicted molar refractivity (Wildman–Crippen MR) is 113 cm³/mol. The molecule has 0 heterocycles. The summed E-state index contributed by atoms with van der Waals surface area (Å²) in [6.45, 7) is 1.68. The molecule has 0 fully saturated rings. The number of esters is 1. The maximum Gasteiger partial charge on any atom is 0.341 e. The minimum atomic E-state index is -1.88. The third-order valence-electron chi connectivity index (χ3n) is 5.24. The molecule has 0 bridgehead atoms. The highest BCUT2D eigenvalue weighted by atomic mass is 16.5. The summed E-state index contributed by atoms with van der Waals surface area (Å²) in [7, 11) is 1.17. The van der Waals surface area contributed by atoms with Crippen LogP contribution in [0.3, 0.4) is 0 Å². The van der Waals surface area contributed by atoms with Crippen LogP contribution in [-0.2, 0) is 26.5 Å². The van der Waals surface area contributed by atoms with Gasteiger partial charge in [0.15, 0.2) is 0 Å². The lowest BCUT2D eigenvalue weighted by molar-refractivity contribution is -0.129. The molecule has 0 radical (unpaired) electrons. The Morgan fingerprint density at radius 2 is 1.47 bits per heavy atom. The van der Waals surface area contributed by atoms with Crippen molar-refractivity contribution in [3.8, 4) is 17.2 Å². The molecule has 0 saturated carbocycles. The van der Waals surface area contributed by atoms with E-state index in [2.05, 4.69) is 0 Å². The smallest absolute Gasteiger partial charge is 0.341 e. The number of aliphatic hydroxyl groups is 1. The Balaban J connectivity index is 2.30. The van der Waals surface area contributed by atoms with Crippen LogP contribution in [0.5, 0.6) is 17.2 Å². The summed E-state index contributed by atoms with van der Waals surface area (Å²) < 4.78 is 9.46. The zero-order valence-electron chi connectivity index (χ0n) is 17.4. The SMILES string of the molecule is COC(=O)c1cc(C(O)(c2ccc(O)c(C)c2)c2ccc(O)c(COC=O)c2)ccc1O. The number of benzene rings is 3. The summed E-state index contributed by atoms with van der Waals surface area (Å²) in [6.07, 6.45) is 0.